The molecule has 0 aromatic heterocycles. The summed E-state index contributed by atoms with van der Waals surface area (Å²) in [6, 6.07) is 26.1. The third kappa shape index (κ3) is 5.93. The second-order valence-corrected chi connectivity index (χ2v) is 8.04. The van der Waals surface area contributed by atoms with Crippen molar-refractivity contribution in [3.63, 3.8) is 0 Å². The Morgan fingerprint density at radius 3 is 2.26 bits per heavy atom. The zero-order valence-corrected chi connectivity index (χ0v) is 18.8. The molecule has 1 fully saturated rings. The molecule has 0 radical (unpaired) electrons. The quantitative estimate of drug-likeness (QED) is 0.601. The van der Waals surface area contributed by atoms with E-state index in [2.05, 4.69) is 11.4 Å². The molecule has 0 bridgehead atoms. The van der Waals surface area contributed by atoms with Crippen molar-refractivity contribution in [3.05, 3.63) is 95.6 Å². The van der Waals surface area contributed by atoms with Crippen LogP contribution in [0.3, 0.4) is 0 Å². The van der Waals surface area contributed by atoms with Crippen molar-refractivity contribution in [2.24, 2.45) is 0 Å². The molecule has 3 amide bonds. The Hall–Kier alpha value is -4.31. The van der Waals surface area contributed by atoms with E-state index in [1.165, 1.54) is 0 Å². The van der Waals surface area contributed by atoms with Crippen molar-refractivity contribution in [2.75, 3.05) is 31.5 Å². The van der Waals surface area contributed by atoms with Gasteiger partial charge in [0.2, 0.25) is 0 Å². The lowest BCUT2D eigenvalue weighted by Crippen LogP contribution is -2.51. The molecule has 1 N–H and O–H groups in total. The van der Waals surface area contributed by atoms with Crippen molar-refractivity contribution in [3.8, 4) is 11.8 Å². The minimum atomic E-state index is -0.182. The molecule has 7 nitrogen and oxygen atoms in total. The van der Waals surface area contributed by atoms with E-state index in [9.17, 15) is 9.59 Å². The summed E-state index contributed by atoms with van der Waals surface area (Å²) in [5, 5.41) is 11.7. The fourth-order valence-electron chi connectivity index (χ4n) is 3.78. The number of piperazine rings is 1. The topological polar surface area (TPSA) is 85.7 Å². The van der Waals surface area contributed by atoms with Gasteiger partial charge in [-0.25, -0.2) is 4.79 Å². The smallest absolute Gasteiger partial charge is 0.321 e. The molecule has 172 valence electrons. The standard InChI is InChI=1S/C27H26N4O3/c28-14-13-21-9-11-25(12-10-21)34-20-22-5-4-8-24(19-22)29-27(33)31-17-15-30(16-18-31)26(32)23-6-2-1-3-7-23/h1-12,19H,13,15-18,20H2,(H,29,33). The molecule has 0 saturated carbocycles. The molecule has 4 rings (SSSR count). The maximum atomic E-state index is 12.7. The summed E-state index contributed by atoms with van der Waals surface area (Å²) in [5.41, 5.74) is 3.23. The van der Waals surface area contributed by atoms with E-state index in [0.29, 0.717) is 50.5 Å². The Morgan fingerprint density at radius 1 is 0.853 bits per heavy atom. The van der Waals surface area contributed by atoms with E-state index in [0.717, 1.165) is 16.9 Å². The Labute approximate surface area is 199 Å². The lowest BCUT2D eigenvalue weighted by molar-refractivity contribution is 0.0671. The first kappa shape index (κ1) is 22.9. The Kier molecular flexibility index (Phi) is 7.41. The number of carbonyl (C=O) groups excluding carboxylic acids is 2. The van der Waals surface area contributed by atoms with Crippen molar-refractivity contribution >= 4 is 17.6 Å². The Bertz CT molecular complexity index is 1160. The van der Waals surface area contributed by atoms with Gasteiger partial charge in [0.05, 0.1) is 12.5 Å². The number of nitriles is 1. The number of ether oxygens (including phenoxy) is 1. The average molecular weight is 455 g/mol. The van der Waals surface area contributed by atoms with E-state index in [-0.39, 0.29) is 11.9 Å². The van der Waals surface area contributed by atoms with Crippen LogP contribution in [-0.2, 0) is 13.0 Å². The van der Waals surface area contributed by atoms with Crippen LogP contribution in [0.4, 0.5) is 10.5 Å². The van der Waals surface area contributed by atoms with Gasteiger partial charge in [0, 0.05) is 37.4 Å². The monoisotopic (exact) mass is 454 g/mol. The summed E-state index contributed by atoms with van der Waals surface area (Å²) >= 11 is 0. The molecule has 1 aliphatic heterocycles. The molecule has 34 heavy (non-hydrogen) atoms. The van der Waals surface area contributed by atoms with Gasteiger partial charge in [-0.3, -0.25) is 4.79 Å². The number of nitrogens with one attached hydrogen (secondary N) is 1. The number of nitrogens with zero attached hydrogens (tertiary/aromatic N) is 3. The molecule has 0 spiro atoms. The van der Waals surface area contributed by atoms with Gasteiger partial charge in [-0.15, -0.1) is 0 Å². The lowest BCUT2D eigenvalue weighted by Gasteiger charge is -2.34. The van der Waals surface area contributed by atoms with E-state index >= 15 is 0 Å². The van der Waals surface area contributed by atoms with Gasteiger partial charge in [0.1, 0.15) is 12.4 Å². The van der Waals surface area contributed by atoms with Crippen LogP contribution < -0.4 is 10.1 Å². The fourth-order valence-corrected chi connectivity index (χ4v) is 3.78. The second-order valence-electron chi connectivity index (χ2n) is 8.04. The highest BCUT2D eigenvalue weighted by Gasteiger charge is 2.24. The predicted octanol–water partition coefficient (Wildman–Crippen LogP) is 4.32. The molecule has 0 atom stereocenters. The summed E-state index contributed by atoms with van der Waals surface area (Å²) in [5.74, 6) is 0.715. The maximum Gasteiger partial charge on any atom is 0.321 e. The maximum absolute atomic E-state index is 12.7. The minimum absolute atomic E-state index is 0.00642. The number of rotatable bonds is 6. The van der Waals surface area contributed by atoms with Gasteiger partial charge in [0.15, 0.2) is 0 Å². The summed E-state index contributed by atoms with van der Waals surface area (Å²) < 4.78 is 5.83. The van der Waals surface area contributed by atoms with Gasteiger partial charge in [-0.1, -0.05) is 42.5 Å². The highest BCUT2D eigenvalue weighted by molar-refractivity contribution is 5.94. The summed E-state index contributed by atoms with van der Waals surface area (Å²) in [6.07, 6.45) is 0.375. The first-order chi connectivity index (χ1) is 16.6. The molecule has 3 aromatic carbocycles. The van der Waals surface area contributed by atoms with Crippen LogP contribution in [0.25, 0.3) is 0 Å². The lowest BCUT2D eigenvalue weighted by atomic mass is 10.1. The van der Waals surface area contributed by atoms with Gasteiger partial charge in [-0.2, -0.15) is 5.26 Å². The fraction of sp³-hybridized carbons (Fsp3) is 0.222. The van der Waals surface area contributed by atoms with Crippen LogP contribution in [0.15, 0.2) is 78.9 Å². The van der Waals surface area contributed by atoms with Crippen molar-refractivity contribution in [1.82, 2.24) is 9.80 Å². The Morgan fingerprint density at radius 2 is 1.56 bits per heavy atom. The largest absolute Gasteiger partial charge is 0.489 e. The van der Waals surface area contributed by atoms with Crippen molar-refractivity contribution in [1.29, 1.82) is 5.26 Å². The van der Waals surface area contributed by atoms with E-state index in [1.54, 1.807) is 9.80 Å². The number of amides is 3. The molecule has 0 aliphatic carbocycles. The molecule has 1 saturated heterocycles. The molecule has 7 heteroatoms. The third-order valence-electron chi connectivity index (χ3n) is 5.67. The summed E-state index contributed by atoms with van der Waals surface area (Å²) in [4.78, 5) is 28.8. The summed E-state index contributed by atoms with van der Waals surface area (Å²) in [6.45, 7) is 2.33. The van der Waals surface area contributed by atoms with Gasteiger partial charge in [0.25, 0.3) is 5.91 Å². The molecule has 1 aliphatic rings. The molecule has 0 unspecified atom stereocenters. The normalized spacial score (nSPS) is 13.1. The highest BCUT2D eigenvalue weighted by Crippen LogP contribution is 2.17. The van der Waals surface area contributed by atoms with Gasteiger partial charge >= 0.3 is 6.03 Å². The van der Waals surface area contributed by atoms with Crippen molar-refractivity contribution in [2.45, 2.75) is 13.0 Å². The van der Waals surface area contributed by atoms with Gasteiger partial charge in [-0.05, 0) is 47.5 Å². The summed E-state index contributed by atoms with van der Waals surface area (Å²) in [7, 11) is 0. The molecule has 1 heterocycles. The van der Waals surface area contributed by atoms with Crippen LogP contribution in [-0.4, -0.2) is 47.9 Å². The minimum Gasteiger partial charge on any atom is -0.489 e. The molecule has 3 aromatic rings. The number of benzene rings is 3. The second kappa shape index (κ2) is 11.0. The Balaban J connectivity index is 1.27. The van der Waals surface area contributed by atoms with Crippen LogP contribution in [0, 0.1) is 11.3 Å². The number of hydrogen-bond donors (Lipinski definition) is 1. The third-order valence-corrected chi connectivity index (χ3v) is 5.67. The first-order valence-electron chi connectivity index (χ1n) is 11.2. The number of carbonyl (C=O) groups is 2. The number of hydrogen-bond acceptors (Lipinski definition) is 4. The molecular formula is C27H26N4O3. The van der Waals surface area contributed by atoms with Crippen molar-refractivity contribution < 1.29 is 14.3 Å². The van der Waals surface area contributed by atoms with E-state index in [4.69, 9.17) is 10.00 Å². The zero-order valence-electron chi connectivity index (χ0n) is 18.8. The SMILES string of the molecule is N#CCc1ccc(OCc2cccc(NC(=O)N3CCN(C(=O)c4ccccc4)CC3)c2)cc1. The predicted molar refractivity (Wildman–Crippen MR) is 129 cm³/mol. The van der Waals surface area contributed by atoms with Crippen LogP contribution >= 0.6 is 0 Å². The van der Waals surface area contributed by atoms with E-state index in [1.807, 2.05) is 78.9 Å². The van der Waals surface area contributed by atoms with E-state index < -0.39 is 0 Å². The van der Waals surface area contributed by atoms with Crippen LogP contribution in [0.1, 0.15) is 21.5 Å². The van der Waals surface area contributed by atoms with Crippen LogP contribution in [0.5, 0.6) is 5.75 Å². The van der Waals surface area contributed by atoms with Gasteiger partial charge < -0.3 is 19.9 Å². The average Bonchev–Trinajstić information content (AvgIpc) is 2.89. The van der Waals surface area contributed by atoms with Crippen LogP contribution in [0.2, 0.25) is 0 Å². The number of anilines is 1. The highest BCUT2D eigenvalue weighted by atomic mass is 16.5. The number of urea groups is 1. The molecular weight excluding hydrogens is 428 g/mol. The zero-order chi connectivity index (χ0) is 23.8. The first-order valence-corrected chi connectivity index (χ1v) is 11.2.